The molecule has 0 fully saturated rings. The van der Waals surface area contributed by atoms with Crippen molar-refractivity contribution in [3.63, 3.8) is 0 Å². The van der Waals surface area contributed by atoms with Crippen LogP contribution in [0.15, 0.2) is 11.0 Å². The second-order valence-electron chi connectivity index (χ2n) is 7.23. The van der Waals surface area contributed by atoms with Gasteiger partial charge in [0.25, 0.3) is 5.56 Å². The van der Waals surface area contributed by atoms with Crippen molar-refractivity contribution in [2.45, 2.75) is 65.5 Å². The number of carbonyl (C=O) groups excluding carboxylic acids is 1. The van der Waals surface area contributed by atoms with Gasteiger partial charge in [0.05, 0.1) is 24.5 Å². The highest BCUT2D eigenvalue weighted by Crippen LogP contribution is 2.25. The molecule has 0 amide bonds. The standard InChI is InChI=1S/C17H26N4O3/c1-8-12(16(23)24-7)20-15(22)14-11(13(19-20)10(2)3)9-18-21(14)17(4,5)6/h9-10,12H,8H2,1-7H3. The van der Waals surface area contributed by atoms with E-state index in [4.69, 9.17) is 4.74 Å². The first-order valence-electron chi connectivity index (χ1n) is 8.22. The zero-order valence-electron chi connectivity index (χ0n) is 15.5. The number of esters is 1. The third-order valence-corrected chi connectivity index (χ3v) is 4.01. The molecule has 0 saturated carbocycles. The van der Waals surface area contributed by atoms with Crippen LogP contribution in [0.2, 0.25) is 0 Å². The average molecular weight is 334 g/mol. The smallest absolute Gasteiger partial charge is 0.330 e. The quantitative estimate of drug-likeness (QED) is 0.803. The lowest BCUT2D eigenvalue weighted by Gasteiger charge is -2.22. The third kappa shape index (κ3) is 2.95. The number of hydrogen-bond acceptors (Lipinski definition) is 5. The number of ether oxygens (including phenoxy) is 1. The Morgan fingerprint density at radius 1 is 1.33 bits per heavy atom. The Bertz CT molecular complexity index is 812. The minimum Gasteiger partial charge on any atom is -0.467 e. The Morgan fingerprint density at radius 3 is 2.42 bits per heavy atom. The second-order valence-corrected chi connectivity index (χ2v) is 7.23. The van der Waals surface area contributed by atoms with E-state index in [-0.39, 0.29) is 17.0 Å². The van der Waals surface area contributed by atoms with E-state index in [1.54, 1.807) is 10.9 Å². The van der Waals surface area contributed by atoms with Crippen LogP contribution in [-0.2, 0) is 15.1 Å². The summed E-state index contributed by atoms with van der Waals surface area (Å²) in [4.78, 5) is 25.2. The summed E-state index contributed by atoms with van der Waals surface area (Å²) in [6.45, 7) is 11.8. The number of carbonyl (C=O) groups is 1. The van der Waals surface area contributed by atoms with Crippen LogP contribution in [0, 0.1) is 0 Å². The summed E-state index contributed by atoms with van der Waals surface area (Å²) in [6.07, 6.45) is 2.11. The average Bonchev–Trinajstić information content (AvgIpc) is 2.94. The molecule has 0 spiro atoms. The van der Waals surface area contributed by atoms with Crippen molar-refractivity contribution >= 4 is 16.9 Å². The van der Waals surface area contributed by atoms with Crippen LogP contribution >= 0.6 is 0 Å². The molecule has 0 aliphatic heterocycles. The summed E-state index contributed by atoms with van der Waals surface area (Å²) in [6, 6.07) is -0.743. The van der Waals surface area contributed by atoms with Gasteiger partial charge in [-0.1, -0.05) is 20.8 Å². The predicted octanol–water partition coefficient (Wildman–Crippen LogP) is 2.60. The maximum absolute atomic E-state index is 13.1. The second kappa shape index (κ2) is 6.37. The molecule has 132 valence electrons. The summed E-state index contributed by atoms with van der Waals surface area (Å²) in [5.74, 6) is -0.380. The Morgan fingerprint density at radius 2 is 1.96 bits per heavy atom. The molecule has 1 unspecified atom stereocenters. The molecule has 0 N–H and O–H groups in total. The molecule has 0 aliphatic rings. The van der Waals surface area contributed by atoms with Crippen LogP contribution in [0.25, 0.3) is 10.9 Å². The molecule has 0 aliphatic carbocycles. The zero-order valence-corrected chi connectivity index (χ0v) is 15.5. The first kappa shape index (κ1) is 18.2. The largest absolute Gasteiger partial charge is 0.467 e. The van der Waals surface area contributed by atoms with Crippen LogP contribution in [-0.4, -0.2) is 32.6 Å². The Labute approximate surface area is 141 Å². The van der Waals surface area contributed by atoms with E-state index in [2.05, 4.69) is 10.2 Å². The normalized spacial score (nSPS) is 13.5. The van der Waals surface area contributed by atoms with Crippen LogP contribution in [0.5, 0.6) is 0 Å². The summed E-state index contributed by atoms with van der Waals surface area (Å²) >= 11 is 0. The molecule has 7 heteroatoms. The maximum atomic E-state index is 13.1. The fourth-order valence-corrected chi connectivity index (χ4v) is 2.79. The molecule has 0 saturated heterocycles. The van der Waals surface area contributed by atoms with E-state index in [0.717, 1.165) is 11.1 Å². The minimum absolute atomic E-state index is 0.0899. The van der Waals surface area contributed by atoms with Crippen molar-refractivity contribution in [3.8, 4) is 0 Å². The van der Waals surface area contributed by atoms with E-state index < -0.39 is 12.0 Å². The molecule has 0 bridgehead atoms. The molecule has 0 radical (unpaired) electrons. The van der Waals surface area contributed by atoms with Gasteiger partial charge in [0.2, 0.25) is 0 Å². The number of aromatic nitrogens is 4. The number of fused-ring (bicyclic) bond motifs is 1. The molecule has 2 heterocycles. The van der Waals surface area contributed by atoms with Gasteiger partial charge < -0.3 is 4.74 Å². The molecule has 2 aromatic heterocycles. The molecule has 1 atom stereocenters. The van der Waals surface area contributed by atoms with Gasteiger partial charge >= 0.3 is 5.97 Å². The Hall–Kier alpha value is -2.18. The highest BCUT2D eigenvalue weighted by atomic mass is 16.5. The van der Waals surface area contributed by atoms with Gasteiger partial charge in [0.15, 0.2) is 6.04 Å². The summed E-state index contributed by atoms with van der Waals surface area (Å²) < 4.78 is 7.81. The van der Waals surface area contributed by atoms with Gasteiger partial charge in [-0.15, -0.1) is 0 Å². The van der Waals surface area contributed by atoms with Crippen LogP contribution in [0.4, 0.5) is 0 Å². The summed E-state index contributed by atoms with van der Waals surface area (Å²) in [7, 11) is 1.32. The van der Waals surface area contributed by atoms with Gasteiger partial charge in [0, 0.05) is 5.39 Å². The fraction of sp³-hybridized carbons (Fsp3) is 0.647. The van der Waals surface area contributed by atoms with Crippen molar-refractivity contribution in [3.05, 3.63) is 22.2 Å². The van der Waals surface area contributed by atoms with Crippen LogP contribution in [0.1, 0.15) is 65.6 Å². The molecule has 24 heavy (non-hydrogen) atoms. The number of methoxy groups -OCH3 is 1. The van der Waals surface area contributed by atoms with Gasteiger partial charge in [-0.2, -0.15) is 10.2 Å². The topological polar surface area (TPSA) is 79.0 Å². The van der Waals surface area contributed by atoms with Gasteiger partial charge in [-0.3, -0.25) is 9.48 Å². The first-order chi connectivity index (χ1) is 11.1. The van der Waals surface area contributed by atoms with E-state index in [0.29, 0.717) is 11.9 Å². The SMILES string of the molecule is CCC(C(=O)OC)n1nc(C(C)C)c2cnn(C(C)(C)C)c2c1=O. The zero-order chi connectivity index (χ0) is 18.2. The molecular weight excluding hydrogens is 308 g/mol. The van der Waals surface area contributed by atoms with E-state index in [1.807, 2.05) is 41.5 Å². The molecule has 0 aromatic carbocycles. The van der Waals surface area contributed by atoms with Crippen molar-refractivity contribution in [1.82, 2.24) is 19.6 Å². The molecular formula is C17H26N4O3. The van der Waals surface area contributed by atoms with Crippen molar-refractivity contribution in [1.29, 1.82) is 0 Å². The van der Waals surface area contributed by atoms with Crippen molar-refractivity contribution in [2.24, 2.45) is 0 Å². The summed E-state index contributed by atoms with van der Waals surface area (Å²) in [5, 5.41) is 9.63. The van der Waals surface area contributed by atoms with Gasteiger partial charge in [-0.25, -0.2) is 9.48 Å². The molecule has 2 rings (SSSR count). The van der Waals surface area contributed by atoms with Crippen LogP contribution < -0.4 is 5.56 Å². The highest BCUT2D eigenvalue weighted by molar-refractivity contribution is 5.81. The minimum atomic E-state index is -0.743. The monoisotopic (exact) mass is 334 g/mol. The lowest BCUT2D eigenvalue weighted by Crippen LogP contribution is -2.36. The first-order valence-corrected chi connectivity index (χ1v) is 8.22. The lowest BCUT2D eigenvalue weighted by atomic mass is 10.1. The van der Waals surface area contributed by atoms with E-state index in [9.17, 15) is 9.59 Å². The van der Waals surface area contributed by atoms with Gasteiger partial charge in [-0.05, 0) is 33.1 Å². The maximum Gasteiger partial charge on any atom is 0.330 e. The Balaban J connectivity index is 2.90. The van der Waals surface area contributed by atoms with E-state index >= 15 is 0 Å². The van der Waals surface area contributed by atoms with Crippen LogP contribution in [0.3, 0.4) is 0 Å². The van der Waals surface area contributed by atoms with Crippen molar-refractivity contribution < 1.29 is 9.53 Å². The molecule has 2 aromatic rings. The highest BCUT2D eigenvalue weighted by Gasteiger charge is 2.28. The van der Waals surface area contributed by atoms with E-state index in [1.165, 1.54) is 11.8 Å². The lowest BCUT2D eigenvalue weighted by molar-refractivity contribution is -0.145. The number of nitrogens with zero attached hydrogens (tertiary/aromatic N) is 4. The van der Waals surface area contributed by atoms with Gasteiger partial charge in [0.1, 0.15) is 5.52 Å². The number of rotatable bonds is 4. The Kier molecular flexibility index (Phi) is 4.82. The third-order valence-electron chi connectivity index (χ3n) is 4.01. The predicted molar refractivity (Wildman–Crippen MR) is 92.2 cm³/mol. The fourth-order valence-electron chi connectivity index (χ4n) is 2.79. The summed E-state index contributed by atoms with van der Waals surface area (Å²) in [5.41, 5.74) is 0.548. The van der Waals surface area contributed by atoms with Crippen molar-refractivity contribution in [2.75, 3.05) is 7.11 Å². The number of hydrogen-bond donors (Lipinski definition) is 0. The molecule has 7 nitrogen and oxygen atoms in total.